The van der Waals surface area contributed by atoms with Gasteiger partial charge in [0.05, 0.1) is 13.5 Å². The van der Waals surface area contributed by atoms with Gasteiger partial charge >= 0.3 is 5.97 Å². The lowest BCUT2D eigenvalue weighted by molar-refractivity contribution is -0.141. The molecule has 0 bridgehead atoms. The molecule has 2 aromatic rings. The van der Waals surface area contributed by atoms with Gasteiger partial charge in [-0.2, -0.15) is 0 Å². The summed E-state index contributed by atoms with van der Waals surface area (Å²) in [5.74, 6) is -0.292. The monoisotopic (exact) mass is 319 g/mol. The van der Waals surface area contributed by atoms with Crippen LogP contribution in [0.2, 0.25) is 0 Å². The number of halogens is 1. The number of hydrogen-bond acceptors (Lipinski definition) is 3. The fourth-order valence-electron chi connectivity index (χ4n) is 2.58. The molecule has 2 rings (SSSR count). The molecule has 0 amide bonds. The van der Waals surface area contributed by atoms with Crippen molar-refractivity contribution in [3.05, 3.63) is 59.2 Å². The summed E-state index contributed by atoms with van der Waals surface area (Å²) in [4.78, 5) is 11.4. The molecule has 4 heteroatoms. The van der Waals surface area contributed by atoms with Gasteiger partial charge in [0, 0.05) is 6.04 Å². The third-order valence-electron chi connectivity index (χ3n) is 3.70. The Morgan fingerprint density at radius 3 is 2.32 bits per heavy atom. The van der Waals surface area contributed by atoms with Crippen molar-refractivity contribution in [2.45, 2.75) is 26.3 Å². The van der Waals surface area contributed by atoms with E-state index in [-0.39, 0.29) is 30.8 Å². The number of hydrogen-bond donors (Lipinski definition) is 1. The number of benzene rings is 2. The van der Waals surface area contributed by atoms with E-state index < -0.39 is 0 Å². The van der Waals surface area contributed by atoms with Crippen LogP contribution in [0, 0.1) is 13.8 Å². The number of methoxy groups -OCH3 is 1. The molecule has 0 radical (unpaired) electrons. The molecule has 22 heavy (non-hydrogen) atoms. The highest BCUT2D eigenvalue weighted by Gasteiger charge is 2.13. The zero-order chi connectivity index (χ0) is 15.4. The third kappa shape index (κ3) is 4.09. The van der Waals surface area contributed by atoms with E-state index in [1.54, 1.807) is 0 Å². The Morgan fingerprint density at radius 2 is 1.73 bits per heavy atom. The van der Waals surface area contributed by atoms with Gasteiger partial charge in [0.15, 0.2) is 0 Å². The van der Waals surface area contributed by atoms with E-state index in [0.29, 0.717) is 0 Å². The van der Waals surface area contributed by atoms with Crippen molar-refractivity contribution < 1.29 is 9.53 Å². The summed E-state index contributed by atoms with van der Waals surface area (Å²) < 4.78 is 4.68. The van der Waals surface area contributed by atoms with Gasteiger partial charge in [-0.3, -0.25) is 4.79 Å². The van der Waals surface area contributed by atoms with E-state index in [0.717, 1.165) is 11.1 Å². The van der Waals surface area contributed by atoms with Crippen LogP contribution in [-0.4, -0.2) is 13.1 Å². The molecule has 0 unspecified atom stereocenters. The minimum atomic E-state index is -0.346. The van der Waals surface area contributed by atoms with Gasteiger partial charge in [0.25, 0.3) is 0 Å². The maximum absolute atomic E-state index is 11.4. The maximum atomic E-state index is 11.4. The van der Waals surface area contributed by atoms with Crippen LogP contribution in [0.25, 0.3) is 11.1 Å². The lowest BCUT2D eigenvalue weighted by atomic mass is 9.93. The van der Waals surface area contributed by atoms with E-state index in [1.807, 2.05) is 12.1 Å². The molecule has 3 nitrogen and oxygen atoms in total. The summed E-state index contributed by atoms with van der Waals surface area (Å²) in [5, 5.41) is 0. The Balaban J connectivity index is 0.00000242. The Bertz CT molecular complexity index is 635. The normalized spacial score (nSPS) is 11.5. The summed E-state index contributed by atoms with van der Waals surface area (Å²) in [6.45, 7) is 4.20. The predicted molar refractivity (Wildman–Crippen MR) is 92.2 cm³/mol. The summed E-state index contributed by atoms with van der Waals surface area (Å²) in [7, 11) is 1.38. The number of carbonyl (C=O) groups is 1. The fourth-order valence-corrected chi connectivity index (χ4v) is 2.58. The second-order valence-electron chi connectivity index (χ2n) is 5.28. The standard InChI is InChI=1S/C18H21NO2.ClH/c1-12-6-4-7-13(2)18(12)15-9-5-8-14(10-15)16(19)11-17(20)21-3;/h4-10,16H,11,19H2,1-3H3;1H/t16-;/m0./s1. The van der Waals surface area contributed by atoms with E-state index in [9.17, 15) is 4.79 Å². The molecule has 0 saturated carbocycles. The molecular weight excluding hydrogens is 298 g/mol. The number of nitrogens with two attached hydrogens (primary N) is 1. The molecule has 2 N–H and O–H groups in total. The number of ether oxygens (including phenoxy) is 1. The molecule has 0 aromatic heterocycles. The molecule has 2 aromatic carbocycles. The molecule has 0 heterocycles. The topological polar surface area (TPSA) is 52.3 Å². The van der Waals surface area contributed by atoms with Crippen LogP contribution in [0.3, 0.4) is 0 Å². The van der Waals surface area contributed by atoms with Crippen LogP contribution in [-0.2, 0) is 9.53 Å². The first-order valence-corrected chi connectivity index (χ1v) is 7.02. The van der Waals surface area contributed by atoms with E-state index in [4.69, 9.17) is 5.73 Å². The molecule has 0 aliphatic heterocycles. The van der Waals surface area contributed by atoms with Crippen LogP contribution >= 0.6 is 12.4 Å². The molecule has 0 fully saturated rings. The molecule has 1 atom stereocenters. The molecule has 0 aliphatic carbocycles. The van der Waals surface area contributed by atoms with Gasteiger partial charge in [-0.15, -0.1) is 12.4 Å². The van der Waals surface area contributed by atoms with Gasteiger partial charge in [0.2, 0.25) is 0 Å². The van der Waals surface area contributed by atoms with Crippen molar-refractivity contribution in [2.75, 3.05) is 7.11 Å². The van der Waals surface area contributed by atoms with Crippen molar-refractivity contribution >= 4 is 18.4 Å². The Hall–Kier alpha value is -1.84. The third-order valence-corrected chi connectivity index (χ3v) is 3.70. The molecule has 0 saturated heterocycles. The van der Waals surface area contributed by atoms with E-state index in [1.165, 1.54) is 23.8 Å². The molecular formula is C18H22ClNO2. The summed E-state index contributed by atoms with van der Waals surface area (Å²) in [6.07, 6.45) is 0.187. The van der Waals surface area contributed by atoms with Crippen molar-refractivity contribution in [1.82, 2.24) is 0 Å². The lowest BCUT2D eigenvalue weighted by Gasteiger charge is -2.14. The number of esters is 1. The zero-order valence-corrected chi connectivity index (χ0v) is 13.9. The van der Waals surface area contributed by atoms with Gasteiger partial charge in [-0.25, -0.2) is 0 Å². The number of carbonyl (C=O) groups excluding carboxylic acids is 1. The minimum Gasteiger partial charge on any atom is -0.469 e. The smallest absolute Gasteiger partial charge is 0.307 e. The van der Waals surface area contributed by atoms with E-state index >= 15 is 0 Å². The van der Waals surface area contributed by atoms with Crippen LogP contribution in [0.4, 0.5) is 0 Å². The average molecular weight is 320 g/mol. The average Bonchev–Trinajstić information content (AvgIpc) is 2.47. The SMILES string of the molecule is COC(=O)C[C@H](N)c1cccc(-c2c(C)cccc2C)c1.Cl. The highest BCUT2D eigenvalue weighted by molar-refractivity contribution is 5.85. The van der Waals surface area contributed by atoms with Crippen molar-refractivity contribution in [1.29, 1.82) is 0 Å². The Labute approximate surface area is 137 Å². The van der Waals surface area contributed by atoms with Crippen molar-refractivity contribution in [3.8, 4) is 11.1 Å². The molecule has 118 valence electrons. The van der Waals surface area contributed by atoms with Crippen molar-refractivity contribution in [3.63, 3.8) is 0 Å². The summed E-state index contributed by atoms with van der Waals surface area (Å²) in [6, 6.07) is 14.0. The Morgan fingerprint density at radius 1 is 1.14 bits per heavy atom. The largest absolute Gasteiger partial charge is 0.469 e. The Kier molecular flexibility index (Phi) is 6.60. The first-order chi connectivity index (χ1) is 10.0. The fraction of sp³-hybridized carbons (Fsp3) is 0.278. The van der Waals surface area contributed by atoms with Gasteiger partial charge in [-0.1, -0.05) is 36.4 Å². The van der Waals surface area contributed by atoms with Crippen LogP contribution in [0.5, 0.6) is 0 Å². The molecule has 0 spiro atoms. The second kappa shape index (κ2) is 7.97. The maximum Gasteiger partial charge on any atom is 0.307 e. The minimum absolute atomic E-state index is 0. The number of aryl methyl sites for hydroxylation is 2. The van der Waals surface area contributed by atoms with Crippen LogP contribution in [0.15, 0.2) is 42.5 Å². The number of rotatable bonds is 4. The van der Waals surface area contributed by atoms with Crippen LogP contribution in [0.1, 0.15) is 29.2 Å². The quantitative estimate of drug-likeness (QED) is 0.868. The van der Waals surface area contributed by atoms with Gasteiger partial charge in [0.1, 0.15) is 0 Å². The summed E-state index contributed by atoms with van der Waals surface area (Å²) >= 11 is 0. The highest BCUT2D eigenvalue weighted by atomic mass is 35.5. The lowest BCUT2D eigenvalue weighted by Crippen LogP contribution is -2.16. The highest BCUT2D eigenvalue weighted by Crippen LogP contribution is 2.29. The predicted octanol–water partition coefficient (Wildman–Crippen LogP) is 3.96. The first kappa shape index (κ1) is 18.2. The van der Waals surface area contributed by atoms with Gasteiger partial charge in [-0.05, 0) is 47.7 Å². The second-order valence-corrected chi connectivity index (χ2v) is 5.28. The first-order valence-electron chi connectivity index (χ1n) is 7.02. The zero-order valence-electron chi connectivity index (χ0n) is 13.1. The van der Waals surface area contributed by atoms with Crippen LogP contribution < -0.4 is 5.73 Å². The summed E-state index contributed by atoms with van der Waals surface area (Å²) in [5.41, 5.74) is 11.9. The van der Waals surface area contributed by atoms with Gasteiger partial charge < -0.3 is 10.5 Å². The van der Waals surface area contributed by atoms with E-state index in [2.05, 4.69) is 48.9 Å². The molecule has 0 aliphatic rings. The van der Waals surface area contributed by atoms with Crippen molar-refractivity contribution in [2.24, 2.45) is 5.73 Å².